The normalized spacial score (nSPS) is 24.3. The Labute approximate surface area is 123 Å². The van der Waals surface area contributed by atoms with Gasteiger partial charge in [-0.15, -0.1) is 0 Å². The molecule has 106 valence electrons. The maximum absolute atomic E-state index is 10.5. The van der Waals surface area contributed by atoms with Crippen molar-refractivity contribution >= 4 is 28.6 Å². The van der Waals surface area contributed by atoms with Crippen molar-refractivity contribution in [3.8, 4) is 0 Å². The van der Waals surface area contributed by atoms with Crippen LogP contribution in [0, 0.1) is 13.8 Å². The van der Waals surface area contributed by atoms with Gasteiger partial charge in [-0.2, -0.15) is 0 Å². The minimum absolute atomic E-state index is 0.373. The average Bonchev–Trinajstić information content (AvgIpc) is 2.30. The first-order chi connectivity index (χ1) is 9.19. The third kappa shape index (κ3) is 1.96. The molecule has 1 aromatic heterocycles. The minimum atomic E-state index is -1.02. The van der Waals surface area contributed by atoms with Gasteiger partial charge < -0.3 is 10.4 Å². The fraction of sp³-hybridized carbons (Fsp3) is 0.467. The number of nitrogens with zero attached hydrogens (tertiary/aromatic N) is 2. The van der Waals surface area contributed by atoms with Crippen LogP contribution < -0.4 is 5.32 Å². The molecule has 5 heteroatoms. The zero-order valence-corrected chi connectivity index (χ0v) is 13.2. The predicted molar refractivity (Wildman–Crippen MR) is 83.2 cm³/mol. The highest BCUT2D eigenvalue weighted by Gasteiger charge is 2.45. The van der Waals surface area contributed by atoms with Crippen molar-refractivity contribution in [3.05, 3.63) is 23.3 Å². The van der Waals surface area contributed by atoms with Gasteiger partial charge in [0, 0.05) is 0 Å². The van der Waals surface area contributed by atoms with Gasteiger partial charge >= 0.3 is 0 Å². The molecular formula is C15H19N3OS. The molecule has 0 aliphatic carbocycles. The van der Waals surface area contributed by atoms with Crippen LogP contribution in [0.4, 0.5) is 5.82 Å². The summed E-state index contributed by atoms with van der Waals surface area (Å²) in [5.74, 6) is 0.662. The number of hydrogen-bond donors (Lipinski definition) is 2. The number of anilines is 1. The molecule has 1 aliphatic heterocycles. The van der Waals surface area contributed by atoms with Crippen LogP contribution in [0.25, 0.3) is 11.0 Å². The summed E-state index contributed by atoms with van der Waals surface area (Å²) in [5, 5.41) is 14.5. The van der Waals surface area contributed by atoms with Crippen molar-refractivity contribution in [1.29, 1.82) is 0 Å². The van der Waals surface area contributed by atoms with Gasteiger partial charge in [0.1, 0.15) is 10.8 Å². The zero-order chi connectivity index (χ0) is 14.7. The van der Waals surface area contributed by atoms with E-state index in [0.717, 1.165) is 16.1 Å². The van der Waals surface area contributed by atoms with Gasteiger partial charge in [0.2, 0.25) is 0 Å². The Morgan fingerprint density at radius 3 is 2.20 bits per heavy atom. The maximum atomic E-state index is 10.5. The van der Waals surface area contributed by atoms with E-state index in [1.165, 1.54) is 11.1 Å². The van der Waals surface area contributed by atoms with Gasteiger partial charge in [-0.1, -0.05) is 11.8 Å². The Morgan fingerprint density at radius 2 is 1.60 bits per heavy atom. The lowest BCUT2D eigenvalue weighted by atomic mass is 10.0. The van der Waals surface area contributed by atoms with Gasteiger partial charge in [-0.05, 0) is 57.9 Å². The van der Waals surface area contributed by atoms with E-state index in [-0.39, 0.29) is 4.75 Å². The first kappa shape index (κ1) is 13.6. The second-order valence-electron chi connectivity index (χ2n) is 6.11. The lowest BCUT2D eigenvalue weighted by Gasteiger charge is -2.43. The summed E-state index contributed by atoms with van der Waals surface area (Å²) in [6.45, 7) is 9.92. The van der Waals surface area contributed by atoms with E-state index < -0.39 is 5.72 Å². The van der Waals surface area contributed by atoms with Crippen LogP contribution in [-0.2, 0) is 0 Å². The summed E-state index contributed by atoms with van der Waals surface area (Å²) in [6, 6.07) is 4.11. The average molecular weight is 289 g/mol. The summed E-state index contributed by atoms with van der Waals surface area (Å²) in [6.07, 6.45) is 0. The largest absolute Gasteiger partial charge is 0.370 e. The fourth-order valence-electron chi connectivity index (χ4n) is 2.17. The molecule has 0 saturated carbocycles. The summed E-state index contributed by atoms with van der Waals surface area (Å²) < 4.78 is -0.373. The Hall–Kier alpha value is -1.33. The Balaban J connectivity index is 2.21. The van der Waals surface area contributed by atoms with Gasteiger partial charge in [0.15, 0.2) is 5.82 Å². The molecular weight excluding hydrogens is 270 g/mol. The van der Waals surface area contributed by atoms with E-state index in [2.05, 4.69) is 30.2 Å². The molecule has 0 radical (unpaired) electrons. The molecule has 1 aliphatic rings. The number of aromatic nitrogens is 2. The SMILES string of the molecule is Cc1cc2nc3c(nc2cc1C)SC(C)(C)C(C)(O)N3. The molecule has 0 spiro atoms. The second kappa shape index (κ2) is 4.09. The molecule has 1 atom stereocenters. The molecule has 1 aromatic carbocycles. The molecule has 3 rings (SSSR count). The summed E-state index contributed by atoms with van der Waals surface area (Å²) in [4.78, 5) is 9.33. The highest BCUT2D eigenvalue weighted by molar-refractivity contribution is 8.00. The summed E-state index contributed by atoms with van der Waals surface area (Å²) >= 11 is 1.56. The monoisotopic (exact) mass is 289 g/mol. The number of aliphatic hydroxyl groups is 1. The van der Waals surface area contributed by atoms with Crippen molar-refractivity contribution < 1.29 is 5.11 Å². The number of nitrogens with one attached hydrogen (secondary N) is 1. The van der Waals surface area contributed by atoms with Crippen LogP contribution in [0.2, 0.25) is 0 Å². The number of thioether (sulfide) groups is 1. The molecule has 2 heterocycles. The van der Waals surface area contributed by atoms with Crippen molar-refractivity contribution in [2.24, 2.45) is 0 Å². The number of benzene rings is 1. The van der Waals surface area contributed by atoms with E-state index in [1.807, 2.05) is 19.9 Å². The lowest BCUT2D eigenvalue weighted by Crippen LogP contribution is -2.53. The first-order valence-corrected chi connectivity index (χ1v) is 7.50. The van der Waals surface area contributed by atoms with Crippen molar-refractivity contribution in [3.63, 3.8) is 0 Å². The first-order valence-electron chi connectivity index (χ1n) is 6.68. The third-order valence-corrected chi connectivity index (χ3v) is 5.52. The standard InChI is InChI=1S/C15H19N3OS/c1-8-6-10-11(7-9(8)2)17-13-12(16-10)18-15(5,19)14(3,4)20-13/h6-7,19H,1-5H3,(H,16,18). The van der Waals surface area contributed by atoms with Gasteiger partial charge in [-0.25, -0.2) is 9.97 Å². The Morgan fingerprint density at radius 1 is 1.05 bits per heavy atom. The third-order valence-electron chi connectivity index (χ3n) is 4.13. The smallest absolute Gasteiger partial charge is 0.161 e. The topological polar surface area (TPSA) is 58.0 Å². The van der Waals surface area contributed by atoms with E-state index in [4.69, 9.17) is 4.98 Å². The van der Waals surface area contributed by atoms with Crippen molar-refractivity contribution in [2.75, 3.05) is 5.32 Å². The lowest BCUT2D eigenvalue weighted by molar-refractivity contribution is 0.0561. The molecule has 0 amide bonds. The van der Waals surface area contributed by atoms with E-state index >= 15 is 0 Å². The predicted octanol–water partition coefficient (Wildman–Crippen LogP) is 3.25. The minimum Gasteiger partial charge on any atom is -0.370 e. The van der Waals surface area contributed by atoms with Crippen LogP contribution >= 0.6 is 11.8 Å². The molecule has 4 nitrogen and oxygen atoms in total. The molecule has 20 heavy (non-hydrogen) atoms. The highest BCUT2D eigenvalue weighted by atomic mass is 32.2. The maximum Gasteiger partial charge on any atom is 0.161 e. The fourth-order valence-corrected chi connectivity index (χ4v) is 3.24. The number of rotatable bonds is 0. The number of aryl methyl sites for hydroxylation is 2. The Kier molecular flexibility index (Phi) is 2.79. The van der Waals surface area contributed by atoms with Crippen LogP contribution in [0.5, 0.6) is 0 Å². The number of fused-ring (bicyclic) bond motifs is 2. The van der Waals surface area contributed by atoms with Crippen LogP contribution in [0.3, 0.4) is 0 Å². The quantitative estimate of drug-likeness (QED) is 0.779. The van der Waals surface area contributed by atoms with Gasteiger partial charge in [0.25, 0.3) is 0 Å². The van der Waals surface area contributed by atoms with Crippen molar-refractivity contribution in [2.45, 2.75) is 50.1 Å². The van der Waals surface area contributed by atoms with Crippen molar-refractivity contribution in [1.82, 2.24) is 9.97 Å². The molecule has 2 aromatic rings. The summed E-state index contributed by atoms with van der Waals surface area (Å²) in [5.41, 5.74) is 3.15. The Bertz CT molecular complexity index is 649. The van der Waals surface area contributed by atoms with Gasteiger partial charge in [-0.3, -0.25) is 0 Å². The van der Waals surface area contributed by atoms with Crippen LogP contribution in [0.1, 0.15) is 31.9 Å². The van der Waals surface area contributed by atoms with E-state index in [1.54, 1.807) is 18.7 Å². The molecule has 2 N–H and O–H groups in total. The van der Waals surface area contributed by atoms with Crippen LogP contribution in [0.15, 0.2) is 17.2 Å². The van der Waals surface area contributed by atoms with E-state index in [9.17, 15) is 5.11 Å². The van der Waals surface area contributed by atoms with Gasteiger partial charge in [0.05, 0.1) is 15.8 Å². The van der Waals surface area contributed by atoms with Crippen LogP contribution in [-0.4, -0.2) is 25.5 Å². The van der Waals surface area contributed by atoms with E-state index in [0.29, 0.717) is 5.82 Å². The molecule has 0 saturated heterocycles. The highest BCUT2D eigenvalue weighted by Crippen LogP contribution is 2.47. The summed E-state index contributed by atoms with van der Waals surface area (Å²) in [7, 11) is 0. The molecule has 1 unspecified atom stereocenters. The number of hydrogen-bond acceptors (Lipinski definition) is 5. The molecule has 0 fully saturated rings. The molecule has 0 bridgehead atoms. The zero-order valence-electron chi connectivity index (χ0n) is 12.4. The second-order valence-corrected chi connectivity index (χ2v) is 7.72.